The Morgan fingerprint density at radius 2 is 1.77 bits per heavy atom. The van der Waals surface area contributed by atoms with Gasteiger partial charge in [-0.2, -0.15) is 0 Å². The van der Waals surface area contributed by atoms with Gasteiger partial charge in [-0.05, 0) is 58.8 Å². The topological polar surface area (TPSA) is 52.6 Å². The van der Waals surface area contributed by atoms with E-state index in [4.69, 9.17) is 9.47 Å². The van der Waals surface area contributed by atoms with E-state index in [9.17, 15) is 9.59 Å². The van der Waals surface area contributed by atoms with Crippen molar-refractivity contribution in [3.63, 3.8) is 0 Å². The van der Waals surface area contributed by atoms with E-state index in [1.807, 2.05) is 20.8 Å². The zero-order valence-corrected chi connectivity index (χ0v) is 14.4. The van der Waals surface area contributed by atoms with Crippen LogP contribution >= 0.6 is 0 Å². The van der Waals surface area contributed by atoms with Gasteiger partial charge >= 0.3 is 11.9 Å². The maximum absolute atomic E-state index is 11.9. The number of rotatable bonds is 7. The van der Waals surface area contributed by atoms with Gasteiger partial charge < -0.3 is 9.47 Å². The lowest BCUT2D eigenvalue weighted by Crippen LogP contribution is -2.26. The van der Waals surface area contributed by atoms with E-state index in [2.05, 4.69) is 6.58 Å². The number of carbonyl (C=O) groups is 2. The largest absolute Gasteiger partial charge is 0.465 e. The fourth-order valence-electron chi connectivity index (χ4n) is 2.81. The maximum Gasteiger partial charge on any atom is 0.333 e. The van der Waals surface area contributed by atoms with Crippen LogP contribution in [0.1, 0.15) is 59.8 Å². The molecule has 1 aliphatic carbocycles. The van der Waals surface area contributed by atoms with Gasteiger partial charge in [0, 0.05) is 5.57 Å². The summed E-state index contributed by atoms with van der Waals surface area (Å²) in [5, 5.41) is 0. The zero-order valence-electron chi connectivity index (χ0n) is 14.4. The van der Waals surface area contributed by atoms with Crippen LogP contribution in [0, 0.1) is 17.3 Å². The predicted molar refractivity (Wildman–Crippen MR) is 86.3 cm³/mol. The molecule has 1 fully saturated rings. The minimum atomic E-state index is -0.452. The van der Waals surface area contributed by atoms with Gasteiger partial charge in [0.05, 0.1) is 18.6 Å². The standard InChI is InChI=1S/C18H30O4/c1-6-21-16(19)13(2)10-11-14-8-7-9-15(14)12-22-17(20)18(3,4)5/h14-15H,2,6-12H2,1,3-5H3/t14?,15-/m1/s1. The van der Waals surface area contributed by atoms with Gasteiger partial charge in [-0.3, -0.25) is 4.79 Å². The van der Waals surface area contributed by atoms with Crippen molar-refractivity contribution in [3.05, 3.63) is 12.2 Å². The Kier molecular flexibility index (Phi) is 7.11. The minimum absolute atomic E-state index is 0.144. The highest BCUT2D eigenvalue weighted by Crippen LogP contribution is 2.36. The van der Waals surface area contributed by atoms with E-state index in [1.54, 1.807) is 6.92 Å². The first-order chi connectivity index (χ1) is 10.3. The van der Waals surface area contributed by atoms with E-state index in [0.29, 0.717) is 37.0 Å². The third-order valence-electron chi connectivity index (χ3n) is 4.24. The smallest absolute Gasteiger partial charge is 0.333 e. The molecule has 2 atom stereocenters. The normalized spacial score (nSPS) is 21.5. The Balaban J connectivity index is 2.39. The van der Waals surface area contributed by atoms with Gasteiger partial charge in [0.25, 0.3) is 0 Å². The van der Waals surface area contributed by atoms with Crippen LogP contribution in [0.2, 0.25) is 0 Å². The molecule has 0 amide bonds. The van der Waals surface area contributed by atoms with Crippen molar-refractivity contribution in [2.45, 2.75) is 59.8 Å². The summed E-state index contributed by atoms with van der Waals surface area (Å²) >= 11 is 0. The van der Waals surface area contributed by atoms with Crippen molar-refractivity contribution in [1.29, 1.82) is 0 Å². The van der Waals surface area contributed by atoms with Crippen LogP contribution in [0.25, 0.3) is 0 Å². The van der Waals surface area contributed by atoms with Crippen molar-refractivity contribution in [2.75, 3.05) is 13.2 Å². The van der Waals surface area contributed by atoms with Crippen molar-refractivity contribution in [3.8, 4) is 0 Å². The molecule has 4 heteroatoms. The lowest BCUT2D eigenvalue weighted by molar-refractivity contribution is -0.154. The van der Waals surface area contributed by atoms with Crippen molar-refractivity contribution in [2.24, 2.45) is 17.3 Å². The summed E-state index contributed by atoms with van der Waals surface area (Å²) in [5.74, 6) is 0.463. The summed E-state index contributed by atoms with van der Waals surface area (Å²) in [7, 11) is 0. The van der Waals surface area contributed by atoms with E-state index in [1.165, 1.54) is 0 Å². The third-order valence-corrected chi connectivity index (χ3v) is 4.24. The molecule has 0 aromatic rings. The number of hydrogen-bond acceptors (Lipinski definition) is 4. The molecule has 0 spiro atoms. The molecule has 0 bridgehead atoms. The molecule has 0 heterocycles. The molecule has 1 rings (SSSR count). The lowest BCUT2D eigenvalue weighted by Gasteiger charge is -2.22. The highest BCUT2D eigenvalue weighted by atomic mass is 16.5. The first-order valence-electron chi connectivity index (χ1n) is 8.27. The Bertz CT molecular complexity index is 406. The molecule has 0 radical (unpaired) electrons. The van der Waals surface area contributed by atoms with Crippen LogP contribution in [0.3, 0.4) is 0 Å². The Hall–Kier alpha value is -1.32. The molecular weight excluding hydrogens is 280 g/mol. The summed E-state index contributed by atoms with van der Waals surface area (Å²) in [6.45, 7) is 12.1. The second-order valence-electron chi connectivity index (χ2n) is 7.16. The van der Waals surface area contributed by atoms with Crippen molar-refractivity contribution in [1.82, 2.24) is 0 Å². The first kappa shape index (κ1) is 18.7. The van der Waals surface area contributed by atoms with Crippen molar-refractivity contribution < 1.29 is 19.1 Å². The van der Waals surface area contributed by atoms with Crippen LogP contribution in [0.4, 0.5) is 0 Å². The van der Waals surface area contributed by atoms with Crippen LogP contribution in [-0.2, 0) is 19.1 Å². The predicted octanol–water partition coefficient (Wildman–Crippen LogP) is 3.89. The fraction of sp³-hybridized carbons (Fsp3) is 0.778. The molecule has 0 aromatic heterocycles. The summed E-state index contributed by atoms with van der Waals surface area (Å²) < 4.78 is 10.4. The third kappa shape index (κ3) is 5.82. The fourth-order valence-corrected chi connectivity index (χ4v) is 2.81. The van der Waals surface area contributed by atoms with Gasteiger partial charge in [0.15, 0.2) is 0 Å². The highest BCUT2D eigenvalue weighted by molar-refractivity contribution is 5.87. The molecule has 1 unspecified atom stereocenters. The molecule has 126 valence electrons. The Morgan fingerprint density at radius 3 is 2.36 bits per heavy atom. The van der Waals surface area contributed by atoms with Gasteiger partial charge in [0.2, 0.25) is 0 Å². The van der Waals surface area contributed by atoms with Crippen LogP contribution in [0.15, 0.2) is 12.2 Å². The summed E-state index contributed by atoms with van der Waals surface area (Å²) in [4.78, 5) is 23.4. The molecule has 0 saturated heterocycles. The SMILES string of the molecule is C=C(CCC1CCC[C@@H]1COC(=O)C(C)(C)C)C(=O)OCC. The van der Waals surface area contributed by atoms with Gasteiger partial charge in [-0.25, -0.2) is 4.79 Å². The minimum Gasteiger partial charge on any atom is -0.465 e. The van der Waals surface area contributed by atoms with Crippen LogP contribution in [-0.4, -0.2) is 25.2 Å². The van der Waals surface area contributed by atoms with E-state index in [-0.39, 0.29) is 11.9 Å². The summed E-state index contributed by atoms with van der Waals surface area (Å²) in [6, 6.07) is 0. The van der Waals surface area contributed by atoms with Gasteiger partial charge in [0.1, 0.15) is 0 Å². The second kappa shape index (κ2) is 8.35. The molecular formula is C18H30O4. The molecule has 0 aromatic carbocycles. The van der Waals surface area contributed by atoms with Gasteiger partial charge in [-0.15, -0.1) is 0 Å². The maximum atomic E-state index is 11.9. The van der Waals surface area contributed by atoms with Gasteiger partial charge in [-0.1, -0.05) is 19.4 Å². The summed E-state index contributed by atoms with van der Waals surface area (Å²) in [6.07, 6.45) is 4.96. The highest BCUT2D eigenvalue weighted by Gasteiger charge is 2.30. The number of carbonyl (C=O) groups excluding carboxylic acids is 2. The van der Waals surface area contributed by atoms with E-state index < -0.39 is 5.41 Å². The average molecular weight is 310 g/mol. The van der Waals surface area contributed by atoms with E-state index in [0.717, 1.165) is 25.7 Å². The molecule has 0 aliphatic heterocycles. The molecule has 1 saturated carbocycles. The number of ether oxygens (including phenoxy) is 2. The molecule has 1 aliphatic rings. The van der Waals surface area contributed by atoms with Crippen LogP contribution < -0.4 is 0 Å². The first-order valence-corrected chi connectivity index (χ1v) is 8.27. The van der Waals surface area contributed by atoms with Crippen LogP contribution in [0.5, 0.6) is 0 Å². The molecule has 22 heavy (non-hydrogen) atoms. The second-order valence-corrected chi connectivity index (χ2v) is 7.16. The number of hydrogen-bond donors (Lipinski definition) is 0. The Morgan fingerprint density at radius 1 is 1.14 bits per heavy atom. The quantitative estimate of drug-likeness (QED) is 0.529. The monoisotopic (exact) mass is 310 g/mol. The molecule has 4 nitrogen and oxygen atoms in total. The molecule has 0 N–H and O–H groups in total. The van der Waals surface area contributed by atoms with E-state index >= 15 is 0 Å². The summed E-state index contributed by atoms with van der Waals surface area (Å²) in [5.41, 5.74) is 0.0888. The number of esters is 2. The Labute approximate surface area is 134 Å². The van der Waals surface area contributed by atoms with Crippen molar-refractivity contribution >= 4 is 11.9 Å². The average Bonchev–Trinajstić information content (AvgIpc) is 2.88. The zero-order chi connectivity index (χ0) is 16.8. The lowest BCUT2D eigenvalue weighted by atomic mass is 9.90.